The van der Waals surface area contributed by atoms with Crippen molar-refractivity contribution in [3.63, 3.8) is 0 Å². The third-order valence-electron chi connectivity index (χ3n) is 3.18. The predicted octanol–water partition coefficient (Wildman–Crippen LogP) is 2.78. The van der Waals surface area contributed by atoms with Crippen LogP contribution in [0.2, 0.25) is 0 Å². The number of hydrogen-bond acceptors (Lipinski definition) is 3. The molecule has 3 rings (SSSR count). The van der Waals surface area contributed by atoms with Crippen molar-refractivity contribution < 1.29 is 4.79 Å². The maximum absolute atomic E-state index is 12.3. The molecule has 6 heteroatoms. The molecule has 1 heterocycles. The molecule has 0 aliphatic heterocycles. The predicted molar refractivity (Wildman–Crippen MR) is 80.1 cm³/mol. The number of aromatic nitrogens is 3. The number of halogens is 1. The van der Waals surface area contributed by atoms with Crippen LogP contribution in [0.4, 0.5) is 5.95 Å². The van der Waals surface area contributed by atoms with Gasteiger partial charge in [0.25, 0.3) is 5.91 Å². The zero-order valence-corrected chi connectivity index (χ0v) is 12.6. The number of anilines is 1. The van der Waals surface area contributed by atoms with Crippen molar-refractivity contribution in [1.82, 2.24) is 14.8 Å². The Morgan fingerprint density at radius 1 is 1.47 bits per heavy atom. The molecule has 0 atom stereocenters. The van der Waals surface area contributed by atoms with E-state index in [1.165, 1.54) is 0 Å². The Hall–Kier alpha value is -1.44. The van der Waals surface area contributed by atoms with E-state index in [4.69, 9.17) is 0 Å². The number of nitrogens with zero attached hydrogens (tertiary/aromatic N) is 3. The Labute approximate surface area is 124 Å². The van der Waals surface area contributed by atoms with E-state index in [1.807, 2.05) is 29.7 Å². The standard InChI is InChI=1S/C13H13IN4O/c1-8-3-2-4-10(11(8)14)12(19)16-13-17-15-7-18(13)9-5-6-9/h2-4,7,9H,5-6H2,1H3,(H,16,17,19). The van der Waals surface area contributed by atoms with Gasteiger partial charge in [0.1, 0.15) is 6.33 Å². The summed E-state index contributed by atoms with van der Waals surface area (Å²) in [4.78, 5) is 12.3. The summed E-state index contributed by atoms with van der Waals surface area (Å²) in [5, 5.41) is 10.7. The van der Waals surface area contributed by atoms with E-state index in [0.717, 1.165) is 22.0 Å². The van der Waals surface area contributed by atoms with Crippen LogP contribution in [-0.4, -0.2) is 20.7 Å². The van der Waals surface area contributed by atoms with E-state index in [2.05, 4.69) is 38.1 Å². The third-order valence-corrected chi connectivity index (χ3v) is 4.61. The van der Waals surface area contributed by atoms with Gasteiger partial charge in [-0.15, -0.1) is 10.2 Å². The van der Waals surface area contributed by atoms with Crippen LogP contribution in [0.1, 0.15) is 34.8 Å². The Bertz CT molecular complexity index is 633. The smallest absolute Gasteiger partial charge is 0.259 e. The maximum atomic E-state index is 12.3. The fourth-order valence-corrected chi connectivity index (χ4v) is 2.55. The van der Waals surface area contributed by atoms with Crippen molar-refractivity contribution in [2.75, 3.05) is 5.32 Å². The zero-order chi connectivity index (χ0) is 13.4. The average Bonchev–Trinajstić information content (AvgIpc) is 3.13. The molecular weight excluding hydrogens is 355 g/mol. The molecule has 0 saturated heterocycles. The van der Waals surface area contributed by atoms with E-state index in [0.29, 0.717) is 17.6 Å². The van der Waals surface area contributed by atoms with Gasteiger partial charge in [-0.05, 0) is 54.0 Å². The van der Waals surface area contributed by atoms with E-state index >= 15 is 0 Å². The summed E-state index contributed by atoms with van der Waals surface area (Å²) in [5.74, 6) is 0.396. The highest BCUT2D eigenvalue weighted by molar-refractivity contribution is 14.1. The first kappa shape index (κ1) is 12.6. The van der Waals surface area contributed by atoms with Crippen LogP contribution in [0.3, 0.4) is 0 Å². The average molecular weight is 368 g/mol. The summed E-state index contributed by atoms with van der Waals surface area (Å²) in [6.45, 7) is 1.99. The van der Waals surface area contributed by atoms with E-state index < -0.39 is 0 Å². The Kier molecular flexibility index (Phi) is 3.26. The van der Waals surface area contributed by atoms with Gasteiger partial charge in [-0.1, -0.05) is 12.1 Å². The minimum absolute atomic E-state index is 0.136. The molecule has 1 N–H and O–H groups in total. The molecule has 1 aliphatic carbocycles. The molecule has 1 saturated carbocycles. The van der Waals surface area contributed by atoms with Crippen LogP contribution in [0.15, 0.2) is 24.5 Å². The highest BCUT2D eigenvalue weighted by Crippen LogP contribution is 2.36. The van der Waals surface area contributed by atoms with Gasteiger partial charge in [-0.3, -0.25) is 14.7 Å². The highest BCUT2D eigenvalue weighted by Gasteiger charge is 2.27. The minimum atomic E-state index is -0.136. The number of amides is 1. The van der Waals surface area contributed by atoms with Crippen LogP contribution >= 0.6 is 22.6 Å². The first-order valence-electron chi connectivity index (χ1n) is 6.13. The fraction of sp³-hybridized carbons (Fsp3) is 0.308. The third kappa shape index (κ3) is 2.49. The van der Waals surface area contributed by atoms with Gasteiger partial charge in [0.15, 0.2) is 0 Å². The van der Waals surface area contributed by atoms with Crippen molar-refractivity contribution in [2.24, 2.45) is 0 Å². The van der Waals surface area contributed by atoms with Crippen LogP contribution in [0.25, 0.3) is 0 Å². The molecule has 0 bridgehead atoms. The molecule has 0 unspecified atom stereocenters. The van der Waals surface area contributed by atoms with Gasteiger partial charge in [0.2, 0.25) is 5.95 Å². The van der Waals surface area contributed by atoms with Crippen molar-refractivity contribution in [2.45, 2.75) is 25.8 Å². The van der Waals surface area contributed by atoms with Crippen LogP contribution in [0.5, 0.6) is 0 Å². The second-order valence-electron chi connectivity index (χ2n) is 4.68. The second kappa shape index (κ2) is 4.92. The Morgan fingerprint density at radius 2 is 2.26 bits per heavy atom. The van der Waals surface area contributed by atoms with Gasteiger partial charge in [0, 0.05) is 9.61 Å². The summed E-state index contributed by atoms with van der Waals surface area (Å²) in [6, 6.07) is 6.15. The molecule has 19 heavy (non-hydrogen) atoms. The zero-order valence-electron chi connectivity index (χ0n) is 10.4. The van der Waals surface area contributed by atoms with E-state index in [9.17, 15) is 4.79 Å². The van der Waals surface area contributed by atoms with Gasteiger partial charge < -0.3 is 0 Å². The molecule has 1 aromatic heterocycles. The van der Waals surface area contributed by atoms with Gasteiger partial charge in [-0.2, -0.15) is 0 Å². The van der Waals surface area contributed by atoms with Gasteiger partial charge in [-0.25, -0.2) is 0 Å². The molecule has 0 spiro atoms. The number of aryl methyl sites for hydroxylation is 1. The van der Waals surface area contributed by atoms with Crippen molar-refractivity contribution in [3.05, 3.63) is 39.2 Å². The molecule has 1 aliphatic rings. The number of carbonyl (C=O) groups excluding carboxylic acids is 1. The summed E-state index contributed by atoms with van der Waals surface area (Å²) >= 11 is 2.19. The summed E-state index contributed by atoms with van der Waals surface area (Å²) in [5.41, 5.74) is 1.77. The first-order valence-corrected chi connectivity index (χ1v) is 7.20. The minimum Gasteiger partial charge on any atom is -0.297 e. The summed E-state index contributed by atoms with van der Waals surface area (Å²) < 4.78 is 2.90. The lowest BCUT2D eigenvalue weighted by Crippen LogP contribution is -2.17. The number of rotatable bonds is 3. The first-order chi connectivity index (χ1) is 9.16. The van der Waals surface area contributed by atoms with Crippen molar-refractivity contribution in [3.8, 4) is 0 Å². The number of carbonyl (C=O) groups is 1. The summed E-state index contributed by atoms with van der Waals surface area (Å²) in [7, 11) is 0. The van der Waals surface area contributed by atoms with Gasteiger partial charge >= 0.3 is 0 Å². The monoisotopic (exact) mass is 368 g/mol. The molecule has 1 amide bonds. The Balaban J connectivity index is 1.84. The lowest BCUT2D eigenvalue weighted by Gasteiger charge is -2.09. The molecular formula is C13H13IN4O. The maximum Gasteiger partial charge on any atom is 0.259 e. The van der Waals surface area contributed by atoms with Crippen LogP contribution in [-0.2, 0) is 0 Å². The number of hydrogen-bond donors (Lipinski definition) is 1. The van der Waals surface area contributed by atoms with Gasteiger partial charge in [0.05, 0.1) is 5.56 Å². The lowest BCUT2D eigenvalue weighted by atomic mass is 10.1. The Morgan fingerprint density at radius 3 is 3.00 bits per heavy atom. The van der Waals surface area contributed by atoms with Crippen LogP contribution < -0.4 is 5.32 Å². The second-order valence-corrected chi connectivity index (χ2v) is 5.76. The molecule has 1 fully saturated rings. The fourth-order valence-electron chi connectivity index (χ4n) is 1.94. The van der Waals surface area contributed by atoms with E-state index in [1.54, 1.807) is 6.33 Å². The van der Waals surface area contributed by atoms with Crippen molar-refractivity contribution in [1.29, 1.82) is 0 Å². The number of nitrogens with one attached hydrogen (secondary N) is 1. The molecule has 2 aromatic rings. The summed E-state index contributed by atoms with van der Waals surface area (Å²) in [6.07, 6.45) is 3.93. The highest BCUT2D eigenvalue weighted by atomic mass is 127. The molecule has 0 radical (unpaired) electrons. The normalized spacial score (nSPS) is 14.4. The largest absolute Gasteiger partial charge is 0.297 e. The SMILES string of the molecule is Cc1cccc(C(=O)Nc2nncn2C2CC2)c1I. The van der Waals surface area contributed by atoms with Crippen LogP contribution in [0, 0.1) is 10.5 Å². The quantitative estimate of drug-likeness (QED) is 0.848. The van der Waals surface area contributed by atoms with Crippen molar-refractivity contribution >= 4 is 34.4 Å². The topological polar surface area (TPSA) is 59.8 Å². The molecule has 1 aromatic carbocycles. The molecule has 5 nitrogen and oxygen atoms in total. The molecule has 98 valence electrons. The number of benzene rings is 1. The lowest BCUT2D eigenvalue weighted by molar-refractivity contribution is 0.102. The van der Waals surface area contributed by atoms with E-state index in [-0.39, 0.29) is 5.91 Å².